The van der Waals surface area contributed by atoms with Crippen molar-refractivity contribution in [2.75, 3.05) is 6.61 Å². The predicted molar refractivity (Wildman–Crippen MR) is 111 cm³/mol. The monoisotopic (exact) mass is 487 g/mol. The lowest BCUT2D eigenvalue weighted by molar-refractivity contribution is -0.232. The van der Waals surface area contributed by atoms with Crippen LogP contribution in [0.1, 0.15) is 22.2 Å². The van der Waals surface area contributed by atoms with Gasteiger partial charge in [-0.25, -0.2) is 0 Å². The molecule has 6 nitrogen and oxygen atoms in total. The lowest BCUT2D eigenvalue weighted by atomic mass is 9.91. The molecule has 5 atom stereocenters. The van der Waals surface area contributed by atoms with Crippen molar-refractivity contribution in [2.24, 2.45) is 0 Å². The fourth-order valence-electron chi connectivity index (χ4n) is 3.68. The number of aliphatic hydroxyl groups is 4. The fraction of sp³-hybridized carbons (Fsp3) is 0.368. The van der Waals surface area contributed by atoms with Crippen LogP contribution in [0.4, 0.5) is 0 Å². The molecule has 0 aliphatic carbocycles. The van der Waals surface area contributed by atoms with Gasteiger partial charge in [0.1, 0.15) is 30.5 Å². The number of halogens is 2. The van der Waals surface area contributed by atoms with E-state index in [-0.39, 0.29) is 0 Å². The molecule has 0 saturated carbocycles. The Kier molecular flexibility index (Phi) is 5.83. The van der Waals surface area contributed by atoms with Crippen LogP contribution >= 0.6 is 38.9 Å². The highest BCUT2D eigenvalue weighted by Gasteiger charge is 2.45. The largest absolute Gasteiger partial charge is 0.394 e. The zero-order chi connectivity index (χ0) is 20.0. The number of thiophene rings is 1. The van der Waals surface area contributed by atoms with Crippen molar-refractivity contribution in [1.29, 1.82) is 0 Å². The molecule has 1 saturated heterocycles. The molecule has 4 rings (SSSR count). The van der Waals surface area contributed by atoms with Gasteiger partial charge in [0.05, 0.1) is 21.1 Å². The molecule has 9 heteroatoms. The van der Waals surface area contributed by atoms with Gasteiger partial charge in [-0.2, -0.15) is 0 Å². The van der Waals surface area contributed by atoms with Crippen LogP contribution in [-0.4, -0.2) is 56.4 Å². The van der Waals surface area contributed by atoms with E-state index >= 15 is 0 Å². The number of aromatic amines is 1. The number of aliphatic hydroxyl groups excluding tert-OH is 4. The third-order valence-electron chi connectivity index (χ3n) is 5.07. The minimum Gasteiger partial charge on any atom is -0.394 e. The molecule has 5 N–H and O–H groups in total. The number of rotatable bonds is 4. The van der Waals surface area contributed by atoms with Gasteiger partial charge >= 0.3 is 0 Å². The minimum absolute atomic E-state index is 0.477. The molecule has 28 heavy (non-hydrogen) atoms. The van der Waals surface area contributed by atoms with Crippen LogP contribution in [0.2, 0.25) is 5.02 Å². The quantitative estimate of drug-likeness (QED) is 0.388. The third-order valence-corrected chi connectivity index (χ3v) is 7.01. The summed E-state index contributed by atoms with van der Waals surface area (Å²) in [6.45, 7) is -0.477. The van der Waals surface area contributed by atoms with E-state index in [2.05, 4.69) is 20.9 Å². The first-order chi connectivity index (χ1) is 13.4. The molecule has 1 aliphatic rings. The molecule has 0 amide bonds. The minimum atomic E-state index is -1.44. The molecule has 3 heterocycles. The number of hydrogen-bond donors (Lipinski definition) is 5. The Morgan fingerprint density at radius 3 is 2.57 bits per heavy atom. The van der Waals surface area contributed by atoms with E-state index in [9.17, 15) is 20.4 Å². The first kappa shape index (κ1) is 20.3. The van der Waals surface area contributed by atoms with Crippen molar-refractivity contribution in [2.45, 2.75) is 36.9 Å². The maximum Gasteiger partial charge on any atom is 0.127 e. The van der Waals surface area contributed by atoms with E-state index in [1.807, 2.05) is 24.3 Å². The van der Waals surface area contributed by atoms with Crippen molar-refractivity contribution in [3.8, 4) is 0 Å². The molecule has 3 aromatic rings. The van der Waals surface area contributed by atoms with E-state index in [4.69, 9.17) is 16.3 Å². The van der Waals surface area contributed by atoms with Crippen LogP contribution in [0.15, 0.2) is 34.1 Å². The summed E-state index contributed by atoms with van der Waals surface area (Å²) in [6, 6.07) is 9.46. The average molecular weight is 489 g/mol. The van der Waals surface area contributed by atoms with Crippen LogP contribution in [-0.2, 0) is 11.2 Å². The molecule has 1 fully saturated rings. The van der Waals surface area contributed by atoms with Crippen LogP contribution in [0.3, 0.4) is 0 Å². The average Bonchev–Trinajstić information content (AvgIpc) is 3.25. The Morgan fingerprint density at radius 2 is 1.89 bits per heavy atom. The summed E-state index contributed by atoms with van der Waals surface area (Å²) in [5.41, 5.74) is 2.20. The topological polar surface area (TPSA) is 106 Å². The second-order valence-corrected chi connectivity index (χ2v) is 9.77. The van der Waals surface area contributed by atoms with Gasteiger partial charge in [-0.05, 0) is 45.8 Å². The smallest absolute Gasteiger partial charge is 0.127 e. The van der Waals surface area contributed by atoms with Crippen molar-refractivity contribution in [3.63, 3.8) is 0 Å². The SMILES string of the molecule is OC[C@H]1O[C@@H](c2[nH]c3cccc(Cl)c3c2Cc2ccc(Br)s2)[C@H](O)[C@@H](O)[C@@H]1O. The maximum absolute atomic E-state index is 10.6. The Morgan fingerprint density at radius 1 is 1.11 bits per heavy atom. The molecule has 0 radical (unpaired) electrons. The zero-order valence-corrected chi connectivity index (χ0v) is 17.7. The van der Waals surface area contributed by atoms with Crippen LogP contribution in [0.5, 0.6) is 0 Å². The Bertz CT molecular complexity index is 990. The van der Waals surface area contributed by atoms with Gasteiger partial charge in [-0.15, -0.1) is 11.3 Å². The Balaban J connectivity index is 1.84. The molecule has 1 aliphatic heterocycles. The normalized spacial score (nSPS) is 28.1. The number of benzene rings is 1. The maximum atomic E-state index is 10.6. The second-order valence-electron chi connectivity index (χ2n) is 6.81. The summed E-state index contributed by atoms with van der Waals surface area (Å²) in [6.07, 6.45) is -5.59. The third kappa shape index (κ3) is 3.53. The highest BCUT2D eigenvalue weighted by Crippen LogP contribution is 2.40. The fourth-order valence-corrected chi connectivity index (χ4v) is 5.46. The van der Waals surface area contributed by atoms with Gasteiger partial charge in [0.25, 0.3) is 0 Å². The van der Waals surface area contributed by atoms with Gasteiger partial charge in [-0.3, -0.25) is 0 Å². The first-order valence-electron chi connectivity index (χ1n) is 8.74. The number of H-pyrrole nitrogens is 1. The van der Waals surface area contributed by atoms with Crippen LogP contribution in [0, 0.1) is 0 Å². The Labute approximate surface area is 178 Å². The van der Waals surface area contributed by atoms with E-state index < -0.39 is 37.1 Å². The molecule has 2 aromatic heterocycles. The van der Waals surface area contributed by atoms with Gasteiger partial charge in [0.15, 0.2) is 0 Å². The summed E-state index contributed by atoms with van der Waals surface area (Å²) >= 11 is 11.5. The molecular formula is C19H19BrClNO5S. The molecule has 1 aromatic carbocycles. The standard InChI is InChI=1S/C19H19BrClNO5S/c20-13-5-4-8(28-13)6-9-14-10(21)2-1-3-11(14)22-15(9)19-18(26)17(25)16(24)12(7-23)27-19/h1-5,12,16-19,22-26H,6-7H2/t12-,16-,17+,18-,19+/m1/s1. The van der Waals surface area contributed by atoms with Crippen LogP contribution in [0.25, 0.3) is 10.9 Å². The van der Waals surface area contributed by atoms with Gasteiger partial charge < -0.3 is 30.1 Å². The second kappa shape index (κ2) is 8.04. The molecule has 0 spiro atoms. The van der Waals surface area contributed by atoms with Crippen molar-refractivity contribution < 1.29 is 25.2 Å². The van der Waals surface area contributed by atoms with Crippen LogP contribution < -0.4 is 0 Å². The van der Waals surface area contributed by atoms with E-state index in [0.717, 1.165) is 25.1 Å². The number of ether oxygens (including phenoxy) is 1. The number of aromatic nitrogens is 1. The number of fused-ring (bicyclic) bond motifs is 1. The van der Waals surface area contributed by atoms with E-state index in [0.29, 0.717) is 17.1 Å². The van der Waals surface area contributed by atoms with Crippen molar-refractivity contribution >= 4 is 49.8 Å². The van der Waals surface area contributed by atoms with Crippen molar-refractivity contribution in [3.05, 3.63) is 55.3 Å². The van der Waals surface area contributed by atoms with Crippen molar-refractivity contribution in [1.82, 2.24) is 4.98 Å². The first-order valence-corrected chi connectivity index (χ1v) is 10.7. The highest BCUT2D eigenvalue weighted by atomic mass is 79.9. The molecule has 0 bridgehead atoms. The van der Waals surface area contributed by atoms with Gasteiger partial charge in [0.2, 0.25) is 0 Å². The molecular weight excluding hydrogens is 470 g/mol. The van der Waals surface area contributed by atoms with Gasteiger partial charge in [0, 0.05) is 22.2 Å². The lowest BCUT2D eigenvalue weighted by Crippen LogP contribution is -2.55. The van der Waals surface area contributed by atoms with E-state index in [1.54, 1.807) is 17.4 Å². The number of nitrogens with one attached hydrogen (secondary N) is 1. The highest BCUT2D eigenvalue weighted by molar-refractivity contribution is 9.11. The summed E-state index contributed by atoms with van der Waals surface area (Å²) in [7, 11) is 0. The van der Waals surface area contributed by atoms with E-state index in [1.165, 1.54) is 0 Å². The molecule has 150 valence electrons. The summed E-state index contributed by atoms with van der Waals surface area (Å²) in [5.74, 6) is 0. The summed E-state index contributed by atoms with van der Waals surface area (Å²) < 4.78 is 6.78. The predicted octanol–water partition coefficient (Wildman–Crippen LogP) is 2.75. The summed E-state index contributed by atoms with van der Waals surface area (Å²) in [4.78, 5) is 4.34. The van der Waals surface area contributed by atoms with Gasteiger partial charge in [-0.1, -0.05) is 17.7 Å². The lowest BCUT2D eigenvalue weighted by Gasteiger charge is -2.40. The Hall–Kier alpha value is -0.970. The zero-order valence-electron chi connectivity index (χ0n) is 14.5. The molecule has 0 unspecified atom stereocenters. The summed E-state index contributed by atoms with van der Waals surface area (Å²) in [5, 5.41) is 41.8. The number of hydrogen-bond acceptors (Lipinski definition) is 6.